The van der Waals surface area contributed by atoms with E-state index in [9.17, 15) is 9.59 Å². The van der Waals surface area contributed by atoms with Crippen LogP contribution in [0.25, 0.3) is 0 Å². The second-order valence-electron chi connectivity index (χ2n) is 7.61. The third kappa shape index (κ3) is 6.54. The Morgan fingerprint density at radius 3 is 2.56 bits per heavy atom. The minimum atomic E-state index is -0.179. The van der Waals surface area contributed by atoms with Gasteiger partial charge in [-0.25, -0.2) is 4.79 Å². The number of carbonyl (C=O) groups excluding carboxylic acids is 2. The van der Waals surface area contributed by atoms with Crippen LogP contribution in [-0.2, 0) is 4.79 Å². The van der Waals surface area contributed by atoms with E-state index in [4.69, 9.17) is 0 Å². The van der Waals surface area contributed by atoms with Crippen LogP contribution in [-0.4, -0.2) is 50.2 Å². The van der Waals surface area contributed by atoms with Crippen LogP contribution in [0.2, 0.25) is 0 Å². The molecule has 1 aliphatic heterocycles. The van der Waals surface area contributed by atoms with Crippen molar-refractivity contribution in [2.45, 2.75) is 59.0 Å². The average Bonchev–Trinajstić information content (AvgIpc) is 2.99. The number of benzene rings is 1. The molecular formula is C21H35N4O2+. The van der Waals surface area contributed by atoms with Crippen molar-refractivity contribution in [2.24, 2.45) is 0 Å². The first-order valence-electron chi connectivity index (χ1n) is 10.2. The molecule has 0 radical (unpaired) electrons. The second-order valence-corrected chi connectivity index (χ2v) is 7.61. The molecule has 0 bridgehead atoms. The largest absolute Gasteiger partial charge is 0.336 e. The summed E-state index contributed by atoms with van der Waals surface area (Å²) in [5.74, 6) is 0.0550. The topological polar surface area (TPSA) is 65.9 Å². The number of hydrogen-bond acceptors (Lipinski definition) is 2. The van der Waals surface area contributed by atoms with Gasteiger partial charge in [0.1, 0.15) is 0 Å². The SMILES string of the molecule is CC[NH+](CC)CCC[C@H](C)NC(=O)N[C@H]1CC(=O)N(c2ccc(C)cc2)C1. The quantitative estimate of drug-likeness (QED) is 0.612. The van der Waals surface area contributed by atoms with Gasteiger partial charge in [0, 0.05) is 24.7 Å². The first-order chi connectivity index (χ1) is 12.9. The number of rotatable bonds is 9. The fourth-order valence-corrected chi connectivity index (χ4v) is 3.56. The van der Waals surface area contributed by atoms with E-state index >= 15 is 0 Å². The number of carbonyl (C=O) groups is 2. The number of nitrogens with one attached hydrogen (secondary N) is 3. The van der Waals surface area contributed by atoms with E-state index in [1.165, 1.54) is 0 Å². The Labute approximate surface area is 163 Å². The number of hydrogen-bond donors (Lipinski definition) is 3. The fourth-order valence-electron chi connectivity index (χ4n) is 3.56. The predicted octanol–water partition coefficient (Wildman–Crippen LogP) is 1.49. The van der Waals surface area contributed by atoms with Crippen molar-refractivity contribution >= 4 is 17.6 Å². The zero-order valence-corrected chi connectivity index (χ0v) is 17.2. The molecule has 0 aliphatic carbocycles. The highest BCUT2D eigenvalue weighted by atomic mass is 16.2. The van der Waals surface area contributed by atoms with Crippen LogP contribution >= 0.6 is 0 Å². The predicted molar refractivity (Wildman–Crippen MR) is 109 cm³/mol. The van der Waals surface area contributed by atoms with Crippen LogP contribution in [0.4, 0.5) is 10.5 Å². The maximum atomic E-state index is 12.3. The molecule has 6 heteroatoms. The van der Waals surface area contributed by atoms with Crippen molar-refractivity contribution in [1.82, 2.24) is 10.6 Å². The first-order valence-corrected chi connectivity index (χ1v) is 10.2. The van der Waals surface area contributed by atoms with Crippen LogP contribution in [0, 0.1) is 6.92 Å². The van der Waals surface area contributed by atoms with Crippen molar-refractivity contribution in [3.8, 4) is 0 Å². The highest BCUT2D eigenvalue weighted by Crippen LogP contribution is 2.21. The summed E-state index contributed by atoms with van der Waals surface area (Å²) in [5, 5.41) is 5.96. The zero-order valence-electron chi connectivity index (χ0n) is 17.2. The van der Waals surface area contributed by atoms with Crippen molar-refractivity contribution < 1.29 is 14.5 Å². The molecule has 6 nitrogen and oxygen atoms in total. The van der Waals surface area contributed by atoms with Gasteiger partial charge in [0.05, 0.1) is 25.7 Å². The molecule has 0 unspecified atom stereocenters. The van der Waals surface area contributed by atoms with Gasteiger partial charge in [0.2, 0.25) is 5.91 Å². The van der Waals surface area contributed by atoms with E-state index in [1.807, 2.05) is 38.1 Å². The van der Waals surface area contributed by atoms with Gasteiger partial charge in [-0.3, -0.25) is 4.79 Å². The maximum absolute atomic E-state index is 12.3. The van der Waals surface area contributed by atoms with Crippen molar-refractivity contribution in [3.05, 3.63) is 29.8 Å². The summed E-state index contributed by atoms with van der Waals surface area (Å²) < 4.78 is 0. The summed E-state index contributed by atoms with van der Waals surface area (Å²) in [6.07, 6.45) is 2.42. The normalized spacial score (nSPS) is 18.0. The van der Waals surface area contributed by atoms with Crippen LogP contribution in [0.5, 0.6) is 0 Å². The van der Waals surface area contributed by atoms with Gasteiger partial charge < -0.3 is 20.4 Å². The van der Waals surface area contributed by atoms with E-state index in [1.54, 1.807) is 9.80 Å². The van der Waals surface area contributed by atoms with E-state index in [0.29, 0.717) is 13.0 Å². The lowest BCUT2D eigenvalue weighted by Gasteiger charge is -2.20. The van der Waals surface area contributed by atoms with Gasteiger partial charge in [-0.2, -0.15) is 0 Å². The van der Waals surface area contributed by atoms with Crippen LogP contribution in [0.1, 0.15) is 45.6 Å². The van der Waals surface area contributed by atoms with Gasteiger partial charge in [-0.05, 0) is 52.7 Å². The number of amides is 3. The molecule has 2 atom stereocenters. The highest BCUT2D eigenvalue weighted by molar-refractivity contribution is 5.96. The summed E-state index contributed by atoms with van der Waals surface area (Å²) in [4.78, 5) is 27.9. The highest BCUT2D eigenvalue weighted by Gasteiger charge is 2.31. The van der Waals surface area contributed by atoms with Crippen LogP contribution < -0.4 is 20.4 Å². The van der Waals surface area contributed by atoms with E-state index in [0.717, 1.165) is 43.7 Å². The smallest absolute Gasteiger partial charge is 0.315 e. The molecule has 2 rings (SSSR count). The van der Waals surface area contributed by atoms with Crippen LogP contribution in [0.15, 0.2) is 24.3 Å². The van der Waals surface area contributed by atoms with Gasteiger partial charge >= 0.3 is 6.03 Å². The molecule has 1 aromatic rings. The Balaban J connectivity index is 1.74. The molecule has 3 amide bonds. The molecule has 1 aliphatic rings. The summed E-state index contributed by atoms with van der Waals surface area (Å²) in [7, 11) is 0. The lowest BCUT2D eigenvalue weighted by Crippen LogP contribution is -3.11. The molecular weight excluding hydrogens is 340 g/mol. The van der Waals surface area contributed by atoms with Crippen LogP contribution in [0.3, 0.4) is 0 Å². The molecule has 150 valence electrons. The van der Waals surface area contributed by atoms with Crippen molar-refractivity contribution in [1.29, 1.82) is 0 Å². The Hall–Kier alpha value is -2.08. The molecule has 1 heterocycles. The molecule has 3 N–H and O–H groups in total. The van der Waals surface area contributed by atoms with Gasteiger partial charge in [-0.1, -0.05) is 17.7 Å². The van der Waals surface area contributed by atoms with Crippen molar-refractivity contribution in [3.63, 3.8) is 0 Å². The zero-order chi connectivity index (χ0) is 19.8. The van der Waals surface area contributed by atoms with E-state index in [2.05, 4.69) is 24.5 Å². The summed E-state index contributed by atoms with van der Waals surface area (Å²) in [6.45, 7) is 12.4. The molecule has 1 fully saturated rings. The monoisotopic (exact) mass is 375 g/mol. The van der Waals surface area contributed by atoms with Gasteiger partial charge in [0.15, 0.2) is 0 Å². The van der Waals surface area contributed by atoms with Gasteiger partial charge in [-0.15, -0.1) is 0 Å². The molecule has 1 aromatic carbocycles. The first kappa shape index (κ1) is 21.2. The minimum absolute atomic E-state index is 0.0550. The Morgan fingerprint density at radius 2 is 1.93 bits per heavy atom. The molecule has 0 spiro atoms. The maximum Gasteiger partial charge on any atom is 0.315 e. The summed E-state index contributed by atoms with van der Waals surface area (Å²) >= 11 is 0. The number of anilines is 1. The fraction of sp³-hybridized carbons (Fsp3) is 0.619. The summed E-state index contributed by atoms with van der Waals surface area (Å²) in [6, 6.07) is 7.71. The number of urea groups is 1. The summed E-state index contributed by atoms with van der Waals surface area (Å²) in [5.41, 5.74) is 2.05. The lowest BCUT2D eigenvalue weighted by atomic mass is 10.2. The lowest BCUT2D eigenvalue weighted by molar-refractivity contribution is -0.896. The molecule has 27 heavy (non-hydrogen) atoms. The second kappa shape index (κ2) is 10.3. The van der Waals surface area contributed by atoms with E-state index in [-0.39, 0.29) is 24.0 Å². The van der Waals surface area contributed by atoms with Gasteiger partial charge in [0.25, 0.3) is 0 Å². The number of quaternary nitrogens is 1. The Morgan fingerprint density at radius 1 is 1.26 bits per heavy atom. The Kier molecular flexibility index (Phi) is 8.10. The minimum Gasteiger partial charge on any atom is -0.336 e. The Bertz CT molecular complexity index is 613. The van der Waals surface area contributed by atoms with Crippen molar-refractivity contribution in [2.75, 3.05) is 31.1 Å². The average molecular weight is 376 g/mol. The molecule has 0 aromatic heterocycles. The molecule has 0 saturated carbocycles. The van der Waals surface area contributed by atoms with E-state index < -0.39 is 0 Å². The third-order valence-electron chi connectivity index (χ3n) is 5.35. The standard InChI is InChI=1S/C21H34N4O2/c1-5-24(6-2)13-7-8-17(4)22-21(27)23-18-14-20(26)25(15-18)19-11-9-16(3)10-12-19/h9-12,17-18H,5-8,13-15H2,1-4H3,(H2,22,23,27)/p+1/t17-,18-/m0/s1. The third-order valence-corrected chi connectivity index (χ3v) is 5.35. The number of nitrogens with zero attached hydrogens (tertiary/aromatic N) is 1. The number of aryl methyl sites for hydroxylation is 1. The molecule has 1 saturated heterocycles.